The zero-order valence-corrected chi connectivity index (χ0v) is 15.3. The van der Waals surface area contributed by atoms with Crippen molar-refractivity contribution in [3.63, 3.8) is 0 Å². The van der Waals surface area contributed by atoms with Gasteiger partial charge in [0.1, 0.15) is 18.5 Å². The van der Waals surface area contributed by atoms with Crippen molar-refractivity contribution in [1.29, 1.82) is 5.26 Å². The zero-order chi connectivity index (χ0) is 19.5. The van der Waals surface area contributed by atoms with E-state index in [1.807, 2.05) is 17.0 Å². The maximum Gasteiger partial charge on any atom is 0.237 e. The molecule has 142 valence electrons. The predicted octanol–water partition coefficient (Wildman–Crippen LogP) is 2.13. The van der Waals surface area contributed by atoms with Crippen LogP contribution in [0.5, 0.6) is 0 Å². The van der Waals surface area contributed by atoms with E-state index in [2.05, 4.69) is 20.2 Å². The highest BCUT2D eigenvalue weighted by atomic mass is 16.2. The Labute approximate surface area is 162 Å². The van der Waals surface area contributed by atoms with Crippen molar-refractivity contribution in [2.24, 2.45) is 0 Å². The number of amides is 1. The Hall–Kier alpha value is -3.47. The summed E-state index contributed by atoms with van der Waals surface area (Å²) in [5, 5.41) is 12.0. The molecule has 1 amide bonds. The van der Waals surface area contributed by atoms with Gasteiger partial charge in [0, 0.05) is 42.6 Å². The summed E-state index contributed by atoms with van der Waals surface area (Å²) in [7, 11) is 0. The van der Waals surface area contributed by atoms with Gasteiger partial charge in [-0.15, -0.1) is 0 Å². The Morgan fingerprint density at radius 1 is 1.21 bits per heavy atom. The number of carbonyl (C=O) groups is 2. The molecule has 2 bridgehead atoms. The molecule has 1 N–H and O–H groups in total. The number of piperazine rings is 1. The van der Waals surface area contributed by atoms with Crippen LogP contribution in [-0.4, -0.2) is 52.2 Å². The molecular formula is C20H20N6O2. The van der Waals surface area contributed by atoms with Crippen LogP contribution >= 0.6 is 0 Å². The predicted molar refractivity (Wildman–Crippen MR) is 103 cm³/mol. The first kappa shape index (κ1) is 17.9. The standard InChI is InChI=1S/C20H20N6O2/c21-9-7-19(28)26-16-5-6-17(26)12-25(11-16)18-8-10-22-20(24-18)23-15-3-1-14(13-27)2-4-15/h1-4,8,10,13,16-17H,5-7,11-12H2,(H,22,23,24)/t16-,17+. The van der Waals surface area contributed by atoms with Crippen LogP contribution in [0.15, 0.2) is 36.5 Å². The molecule has 0 spiro atoms. The van der Waals surface area contributed by atoms with Crippen molar-refractivity contribution in [2.45, 2.75) is 31.3 Å². The Kier molecular flexibility index (Phi) is 4.89. The van der Waals surface area contributed by atoms with Gasteiger partial charge in [-0.1, -0.05) is 0 Å². The van der Waals surface area contributed by atoms with Gasteiger partial charge in [-0.25, -0.2) is 4.98 Å². The average molecular weight is 376 g/mol. The highest BCUT2D eigenvalue weighted by Gasteiger charge is 2.42. The van der Waals surface area contributed by atoms with E-state index in [0.717, 1.165) is 30.6 Å². The van der Waals surface area contributed by atoms with Crippen LogP contribution in [0, 0.1) is 11.3 Å². The maximum absolute atomic E-state index is 12.2. The van der Waals surface area contributed by atoms with E-state index in [-0.39, 0.29) is 24.4 Å². The topological polar surface area (TPSA) is 102 Å². The number of aromatic nitrogens is 2. The molecule has 2 aliphatic heterocycles. The fraction of sp³-hybridized carbons (Fsp3) is 0.350. The number of hydrogen-bond donors (Lipinski definition) is 1. The first-order valence-electron chi connectivity index (χ1n) is 9.26. The monoisotopic (exact) mass is 376 g/mol. The Morgan fingerprint density at radius 2 is 1.93 bits per heavy atom. The molecule has 4 rings (SSSR count). The number of benzene rings is 1. The molecule has 8 nitrogen and oxygen atoms in total. The lowest BCUT2D eigenvalue weighted by atomic mass is 10.1. The van der Waals surface area contributed by atoms with Gasteiger partial charge in [0.25, 0.3) is 0 Å². The van der Waals surface area contributed by atoms with Crippen molar-refractivity contribution in [2.75, 3.05) is 23.3 Å². The van der Waals surface area contributed by atoms with E-state index in [1.54, 1.807) is 30.5 Å². The van der Waals surface area contributed by atoms with Crippen molar-refractivity contribution in [1.82, 2.24) is 14.9 Å². The van der Waals surface area contributed by atoms with Gasteiger partial charge < -0.3 is 15.1 Å². The van der Waals surface area contributed by atoms with Crippen molar-refractivity contribution in [3.05, 3.63) is 42.1 Å². The lowest BCUT2D eigenvalue weighted by molar-refractivity contribution is -0.133. The molecule has 1 aromatic carbocycles. The van der Waals surface area contributed by atoms with E-state index in [4.69, 9.17) is 5.26 Å². The summed E-state index contributed by atoms with van der Waals surface area (Å²) in [6.07, 6.45) is 4.36. The van der Waals surface area contributed by atoms with Crippen molar-refractivity contribution >= 4 is 29.6 Å². The van der Waals surface area contributed by atoms with E-state index in [1.165, 1.54) is 0 Å². The van der Waals surface area contributed by atoms with Crippen molar-refractivity contribution in [3.8, 4) is 6.07 Å². The van der Waals surface area contributed by atoms with E-state index in [0.29, 0.717) is 24.6 Å². The maximum atomic E-state index is 12.2. The third-order valence-electron chi connectivity index (χ3n) is 5.27. The summed E-state index contributed by atoms with van der Waals surface area (Å²) < 4.78 is 0. The van der Waals surface area contributed by atoms with E-state index in [9.17, 15) is 9.59 Å². The molecule has 0 saturated carbocycles. The van der Waals surface area contributed by atoms with Crippen LogP contribution in [0.4, 0.5) is 17.5 Å². The number of aldehydes is 1. The molecule has 1 aromatic heterocycles. The molecule has 2 saturated heterocycles. The summed E-state index contributed by atoms with van der Waals surface area (Å²) in [5.74, 6) is 1.22. The van der Waals surface area contributed by atoms with Gasteiger partial charge in [-0.05, 0) is 43.2 Å². The molecule has 2 fully saturated rings. The van der Waals surface area contributed by atoms with Gasteiger partial charge in [0.05, 0.1) is 6.07 Å². The molecule has 0 unspecified atom stereocenters. The van der Waals surface area contributed by atoms with Crippen LogP contribution < -0.4 is 10.2 Å². The minimum atomic E-state index is -0.0709. The molecule has 2 aromatic rings. The molecule has 2 aliphatic rings. The largest absolute Gasteiger partial charge is 0.352 e. The molecule has 2 atom stereocenters. The molecule has 3 heterocycles. The number of carbonyl (C=O) groups excluding carboxylic acids is 2. The average Bonchev–Trinajstić information content (AvgIpc) is 2.99. The number of hydrogen-bond acceptors (Lipinski definition) is 7. The second kappa shape index (κ2) is 7.64. The molecule has 0 radical (unpaired) electrons. The summed E-state index contributed by atoms with van der Waals surface area (Å²) in [6, 6.07) is 11.2. The summed E-state index contributed by atoms with van der Waals surface area (Å²) in [6.45, 7) is 1.41. The zero-order valence-electron chi connectivity index (χ0n) is 15.3. The second-order valence-corrected chi connectivity index (χ2v) is 7.03. The highest BCUT2D eigenvalue weighted by Crippen LogP contribution is 2.32. The first-order valence-corrected chi connectivity index (χ1v) is 9.26. The Bertz CT molecular complexity index is 909. The fourth-order valence-electron chi connectivity index (χ4n) is 4.02. The number of rotatable bonds is 5. The molecule has 0 aliphatic carbocycles. The minimum Gasteiger partial charge on any atom is -0.352 e. The van der Waals surface area contributed by atoms with Crippen LogP contribution in [0.3, 0.4) is 0 Å². The van der Waals surface area contributed by atoms with Crippen LogP contribution in [0.2, 0.25) is 0 Å². The van der Waals surface area contributed by atoms with Crippen LogP contribution in [-0.2, 0) is 4.79 Å². The van der Waals surface area contributed by atoms with E-state index >= 15 is 0 Å². The summed E-state index contributed by atoms with van der Waals surface area (Å²) in [5.41, 5.74) is 1.41. The van der Waals surface area contributed by atoms with Crippen LogP contribution in [0.25, 0.3) is 0 Å². The van der Waals surface area contributed by atoms with Gasteiger partial charge in [0.2, 0.25) is 11.9 Å². The fourth-order valence-corrected chi connectivity index (χ4v) is 4.02. The number of fused-ring (bicyclic) bond motifs is 2. The van der Waals surface area contributed by atoms with Gasteiger partial charge in [0.15, 0.2) is 0 Å². The smallest absolute Gasteiger partial charge is 0.237 e. The lowest BCUT2D eigenvalue weighted by Gasteiger charge is -2.41. The van der Waals surface area contributed by atoms with Crippen molar-refractivity contribution < 1.29 is 9.59 Å². The van der Waals surface area contributed by atoms with Gasteiger partial charge >= 0.3 is 0 Å². The van der Waals surface area contributed by atoms with Crippen LogP contribution in [0.1, 0.15) is 29.6 Å². The molecule has 8 heteroatoms. The third kappa shape index (κ3) is 3.51. The third-order valence-corrected chi connectivity index (χ3v) is 5.27. The second-order valence-electron chi connectivity index (χ2n) is 7.03. The first-order chi connectivity index (χ1) is 13.7. The van der Waals surface area contributed by atoms with Gasteiger partial charge in [-0.2, -0.15) is 10.2 Å². The quantitative estimate of drug-likeness (QED) is 0.798. The summed E-state index contributed by atoms with van der Waals surface area (Å²) >= 11 is 0. The number of nitrogens with zero attached hydrogens (tertiary/aromatic N) is 5. The number of anilines is 3. The SMILES string of the molecule is N#CCC(=O)N1[C@@H]2CC[C@H]1CN(c1ccnc(Nc3ccc(C=O)cc3)n1)C2. The van der Waals surface area contributed by atoms with E-state index < -0.39 is 0 Å². The van der Waals surface area contributed by atoms with Gasteiger partial charge in [-0.3, -0.25) is 9.59 Å². The number of nitriles is 1. The molecule has 28 heavy (non-hydrogen) atoms. The highest BCUT2D eigenvalue weighted by molar-refractivity contribution is 5.79. The lowest BCUT2D eigenvalue weighted by Crippen LogP contribution is -2.56. The Balaban J connectivity index is 1.47. The molecular weight excluding hydrogens is 356 g/mol. The number of nitrogens with one attached hydrogen (secondary N) is 1. The normalized spacial score (nSPS) is 20.5. The minimum absolute atomic E-state index is 0.0581. The summed E-state index contributed by atoms with van der Waals surface area (Å²) in [4.78, 5) is 36.0. The Morgan fingerprint density at radius 3 is 2.57 bits per heavy atom.